The first kappa shape index (κ1) is 19.5. The van der Waals surface area contributed by atoms with Crippen molar-refractivity contribution in [2.45, 2.75) is 45.1 Å². The van der Waals surface area contributed by atoms with Crippen LogP contribution in [0.5, 0.6) is 5.75 Å². The number of benzene rings is 1. The van der Waals surface area contributed by atoms with Crippen LogP contribution in [-0.4, -0.2) is 53.9 Å². The fraction of sp³-hybridized carbons (Fsp3) is 0.609. The van der Waals surface area contributed by atoms with Crippen LogP contribution in [0.25, 0.3) is 11.4 Å². The molecule has 1 aliphatic heterocycles. The third kappa shape index (κ3) is 5.36. The summed E-state index contributed by atoms with van der Waals surface area (Å²) in [5.41, 5.74) is 1.15. The first-order chi connectivity index (χ1) is 13.9. The van der Waals surface area contributed by atoms with Crippen LogP contribution in [0.4, 0.5) is 0 Å². The van der Waals surface area contributed by atoms with Gasteiger partial charge in [0.1, 0.15) is 11.6 Å². The fourth-order valence-corrected chi connectivity index (χ4v) is 4.37. The molecule has 2 heterocycles. The molecule has 0 radical (unpaired) electrons. The Morgan fingerprint density at radius 2 is 1.96 bits per heavy atom. The van der Waals surface area contributed by atoms with Crippen LogP contribution in [-0.2, 0) is 11.3 Å². The van der Waals surface area contributed by atoms with Crippen LogP contribution in [0, 0.1) is 5.92 Å². The van der Waals surface area contributed by atoms with Gasteiger partial charge in [-0.2, -0.15) is 0 Å². The first-order valence-corrected chi connectivity index (χ1v) is 10.9. The lowest BCUT2D eigenvalue weighted by Gasteiger charge is -2.26. The van der Waals surface area contributed by atoms with E-state index in [1.165, 1.54) is 32.1 Å². The average Bonchev–Trinajstić information content (AvgIpc) is 3.41. The van der Waals surface area contributed by atoms with Gasteiger partial charge < -0.3 is 14.0 Å². The van der Waals surface area contributed by atoms with Gasteiger partial charge in [-0.05, 0) is 50.3 Å². The summed E-state index contributed by atoms with van der Waals surface area (Å²) < 4.78 is 13.7. The number of hydrogen-bond acceptors (Lipinski definition) is 4. The Morgan fingerprint density at radius 3 is 2.82 bits per heavy atom. The Bertz CT molecular complexity index is 718. The molecule has 2 fully saturated rings. The highest BCUT2D eigenvalue weighted by molar-refractivity contribution is 5.58. The predicted molar refractivity (Wildman–Crippen MR) is 112 cm³/mol. The zero-order valence-electron chi connectivity index (χ0n) is 16.9. The molecule has 1 aromatic carbocycles. The average molecular weight is 384 g/mol. The minimum atomic E-state index is 0.768. The Labute approximate surface area is 168 Å². The third-order valence-corrected chi connectivity index (χ3v) is 5.98. The van der Waals surface area contributed by atoms with Gasteiger partial charge in [-0.1, -0.05) is 25.0 Å². The van der Waals surface area contributed by atoms with Crippen molar-refractivity contribution < 1.29 is 9.47 Å². The van der Waals surface area contributed by atoms with Crippen molar-refractivity contribution in [1.29, 1.82) is 0 Å². The molecular formula is C23H33N3O2. The highest BCUT2D eigenvalue weighted by atomic mass is 16.5. The van der Waals surface area contributed by atoms with Gasteiger partial charge in [0.05, 0.1) is 19.8 Å². The number of unbranched alkanes of at least 4 members (excludes halogenated alkanes) is 1. The second-order valence-electron chi connectivity index (χ2n) is 8.09. The lowest BCUT2D eigenvalue weighted by Crippen LogP contribution is -2.36. The molecule has 0 N–H and O–H groups in total. The van der Waals surface area contributed by atoms with Gasteiger partial charge >= 0.3 is 0 Å². The van der Waals surface area contributed by atoms with Crippen molar-refractivity contribution in [3.63, 3.8) is 0 Å². The number of ether oxygens (including phenoxy) is 2. The second kappa shape index (κ2) is 10.1. The van der Waals surface area contributed by atoms with Crippen LogP contribution >= 0.6 is 0 Å². The largest absolute Gasteiger partial charge is 0.494 e. The van der Waals surface area contributed by atoms with Gasteiger partial charge in [0.25, 0.3) is 0 Å². The van der Waals surface area contributed by atoms with Crippen molar-refractivity contribution in [3.05, 3.63) is 36.7 Å². The van der Waals surface area contributed by atoms with E-state index in [1.807, 2.05) is 6.20 Å². The summed E-state index contributed by atoms with van der Waals surface area (Å²) in [6, 6.07) is 8.40. The van der Waals surface area contributed by atoms with Crippen molar-refractivity contribution in [1.82, 2.24) is 14.5 Å². The number of nitrogens with zero attached hydrogens (tertiary/aromatic N) is 3. The quantitative estimate of drug-likeness (QED) is 0.608. The van der Waals surface area contributed by atoms with Gasteiger partial charge in [-0.15, -0.1) is 0 Å². The molecule has 0 unspecified atom stereocenters. The molecule has 1 aromatic heterocycles. The molecule has 152 valence electrons. The summed E-state index contributed by atoms with van der Waals surface area (Å²) in [5.74, 6) is 2.81. The van der Waals surface area contributed by atoms with E-state index in [1.54, 1.807) is 0 Å². The van der Waals surface area contributed by atoms with E-state index in [-0.39, 0.29) is 0 Å². The highest BCUT2D eigenvalue weighted by Gasteiger charge is 2.17. The molecule has 0 atom stereocenters. The van der Waals surface area contributed by atoms with Crippen LogP contribution < -0.4 is 4.74 Å². The summed E-state index contributed by atoms with van der Waals surface area (Å²) in [6.07, 6.45) is 11.8. The minimum absolute atomic E-state index is 0.768. The maximum atomic E-state index is 6.03. The Balaban J connectivity index is 1.26. The van der Waals surface area contributed by atoms with Gasteiger partial charge in [0.15, 0.2) is 0 Å². The zero-order chi connectivity index (χ0) is 19.0. The molecule has 0 bridgehead atoms. The standard InChI is InChI=1S/C23H33N3O2/c1-2-7-20(6-1)19-26-12-10-24-23(26)21-8-5-9-22(18-21)28-15-4-3-11-25-13-16-27-17-14-25/h5,8-10,12,18,20H,1-4,6-7,11,13-17,19H2. The summed E-state index contributed by atoms with van der Waals surface area (Å²) in [6.45, 7) is 6.88. The Hall–Kier alpha value is -1.85. The van der Waals surface area contributed by atoms with E-state index in [2.05, 4.69) is 44.9 Å². The summed E-state index contributed by atoms with van der Waals surface area (Å²) in [4.78, 5) is 7.10. The normalized spacial score (nSPS) is 18.6. The van der Waals surface area contributed by atoms with Crippen molar-refractivity contribution in [2.75, 3.05) is 39.5 Å². The van der Waals surface area contributed by atoms with Crippen LogP contribution in [0.1, 0.15) is 38.5 Å². The lowest BCUT2D eigenvalue weighted by atomic mass is 10.1. The van der Waals surface area contributed by atoms with E-state index in [0.29, 0.717) is 0 Å². The van der Waals surface area contributed by atoms with Crippen molar-refractivity contribution in [2.24, 2.45) is 5.92 Å². The van der Waals surface area contributed by atoms with E-state index < -0.39 is 0 Å². The molecule has 0 amide bonds. The first-order valence-electron chi connectivity index (χ1n) is 10.9. The number of morpholine rings is 1. The molecule has 1 saturated heterocycles. The molecule has 0 spiro atoms. The maximum absolute atomic E-state index is 6.03. The second-order valence-corrected chi connectivity index (χ2v) is 8.09. The van der Waals surface area contributed by atoms with E-state index >= 15 is 0 Å². The maximum Gasteiger partial charge on any atom is 0.140 e. The van der Waals surface area contributed by atoms with Crippen LogP contribution in [0.3, 0.4) is 0 Å². The lowest BCUT2D eigenvalue weighted by molar-refractivity contribution is 0.0368. The summed E-state index contributed by atoms with van der Waals surface area (Å²) in [5, 5.41) is 0. The third-order valence-electron chi connectivity index (χ3n) is 5.98. The topological polar surface area (TPSA) is 39.5 Å². The summed E-state index contributed by atoms with van der Waals surface area (Å²) >= 11 is 0. The van der Waals surface area contributed by atoms with Crippen molar-refractivity contribution in [3.8, 4) is 17.1 Å². The highest BCUT2D eigenvalue weighted by Crippen LogP contribution is 2.29. The van der Waals surface area contributed by atoms with Gasteiger partial charge in [-0.25, -0.2) is 4.98 Å². The number of hydrogen-bond donors (Lipinski definition) is 0. The van der Waals surface area contributed by atoms with Gasteiger partial charge in [0, 0.05) is 37.6 Å². The van der Waals surface area contributed by atoms with E-state index in [4.69, 9.17) is 9.47 Å². The van der Waals surface area contributed by atoms with Gasteiger partial charge in [0.2, 0.25) is 0 Å². The van der Waals surface area contributed by atoms with Crippen molar-refractivity contribution >= 4 is 0 Å². The Morgan fingerprint density at radius 1 is 1.11 bits per heavy atom. The predicted octanol–water partition coefficient (Wildman–Crippen LogP) is 4.23. The Kier molecular flexibility index (Phi) is 7.01. The van der Waals surface area contributed by atoms with E-state index in [9.17, 15) is 0 Å². The molecule has 4 rings (SSSR count). The van der Waals surface area contributed by atoms with Gasteiger partial charge in [-0.3, -0.25) is 4.90 Å². The molecule has 2 aliphatic rings. The molecule has 5 heteroatoms. The van der Waals surface area contributed by atoms with E-state index in [0.717, 1.165) is 75.5 Å². The molecular weight excluding hydrogens is 350 g/mol. The molecule has 5 nitrogen and oxygen atoms in total. The number of aromatic nitrogens is 2. The summed E-state index contributed by atoms with van der Waals surface area (Å²) in [7, 11) is 0. The number of rotatable bonds is 9. The SMILES string of the molecule is c1cc(OCCCCN2CCOCC2)cc(-c2nccn2CC2CCCC2)c1. The molecule has 1 saturated carbocycles. The number of imidazole rings is 1. The van der Waals surface area contributed by atoms with Crippen LogP contribution in [0.2, 0.25) is 0 Å². The molecule has 28 heavy (non-hydrogen) atoms. The molecule has 2 aromatic rings. The smallest absolute Gasteiger partial charge is 0.140 e. The minimum Gasteiger partial charge on any atom is -0.494 e. The monoisotopic (exact) mass is 383 g/mol. The fourth-order valence-electron chi connectivity index (χ4n) is 4.37. The zero-order valence-corrected chi connectivity index (χ0v) is 16.9. The molecule has 1 aliphatic carbocycles. The van der Waals surface area contributed by atoms with Crippen LogP contribution in [0.15, 0.2) is 36.7 Å².